The minimum Gasteiger partial charge on any atom is -0.394 e. The van der Waals surface area contributed by atoms with Gasteiger partial charge in [-0.25, -0.2) is 4.98 Å². The van der Waals surface area contributed by atoms with E-state index in [0.717, 1.165) is 10.6 Å². The van der Waals surface area contributed by atoms with E-state index < -0.39 is 5.91 Å². The number of rotatable bonds is 7. The maximum absolute atomic E-state index is 12.9. The molecule has 0 fully saturated rings. The molecule has 26 heavy (non-hydrogen) atoms. The molecule has 0 aliphatic heterocycles. The van der Waals surface area contributed by atoms with Gasteiger partial charge in [0.05, 0.1) is 23.2 Å². The largest absolute Gasteiger partial charge is 0.394 e. The first-order chi connectivity index (χ1) is 12.6. The second kappa shape index (κ2) is 7.67. The number of allylic oxidation sites excluding steroid dienone is 1. The summed E-state index contributed by atoms with van der Waals surface area (Å²) in [7, 11) is 0. The standard InChI is InChI=1S/C18H20N4O3S/c1-3-7-22-14(15-6-5-8-26-15)10-21-9-13(20-16(21)18(22)25)17(24)19-12(4-2)11-23/h3,5-6,8-10,12,23H,1,4,7,11H2,2H3,(H,19,24)/t12-/m0/s1. The number of fused-ring (bicyclic) bond motifs is 1. The molecule has 0 saturated carbocycles. The van der Waals surface area contributed by atoms with Gasteiger partial charge in [0, 0.05) is 18.9 Å². The van der Waals surface area contributed by atoms with Gasteiger partial charge in [-0.1, -0.05) is 19.1 Å². The van der Waals surface area contributed by atoms with Crippen LogP contribution in [-0.4, -0.2) is 37.6 Å². The summed E-state index contributed by atoms with van der Waals surface area (Å²) in [5.74, 6) is -0.415. The lowest BCUT2D eigenvalue weighted by Gasteiger charge is -2.12. The monoisotopic (exact) mass is 372 g/mol. The highest BCUT2D eigenvalue weighted by molar-refractivity contribution is 7.13. The second-order valence-corrected chi connectivity index (χ2v) is 6.76. The number of nitrogens with zero attached hydrogens (tertiary/aromatic N) is 3. The van der Waals surface area contributed by atoms with E-state index in [9.17, 15) is 14.7 Å². The van der Waals surface area contributed by atoms with Gasteiger partial charge in [-0.15, -0.1) is 17.9 Å². The quantitative estimate of drug-likeness (QED) is 0.620. The fourth-order valence-electron chi connectivity index (χ4n) is 2.66. The van der Waals surface area contributed by atoms with Crippen molar-refractivity contribution < 1.29 is 9.90 Å². The normalized spacial score (nSPS) is 12.2. The number of aliphatic hydroxyl groups excluding tert-OH is 1. The van der Waals surface area contributed by atoms with Crippen LogP contribution in [0, 0.1) is 0 Å². The average Bonchev–Trinajstić information content (AvgIpc) is 3.31. The van der Waals surface area contributed by atoms with E-state index in [1.165, 1.54) is 17.5 Å². The number of carbonyl (C=O) groups is 1. The molecule has 0 aromatic carbocycles. The Labute approximate surface area is 154 Å². The topological polar surface area (TPSA) is 88.6 Å². The molecular formula is C18H20N4O3S. The highest BCUT2D eigenvalue weighted by Gasteiger charge is 2.18. The average molecular weight is 372 g/mol. The van der Waals surface area contributed by atoms with Crippen LogP contribution in [0.2, 0.25) is 0 Å². The van der Waals surface area contributed by atoms with Crippen molar-refractivity contribution in [1.82, 2.24) is 19.3 Å². The molecule has 3 aromatic heterocycles. The summed E-state index contributed by atoms with van der Waals surface area (Å²) in [5, 5.41) is 13.9. The lowest BCUT2D eigenvalue weighted by molar-refractivity contribution is 0.0910. The molecule has 0 bridgehead atoms. The molecular weight excluding hydrogens is 352 g/mol. The summed E-state index contributed by atoms with van der Waals surface area (Å²) in [5.41, 5.74) is 0.768. The number of carbonyl (C=O) groups excluding carboxylic acids is 1. The molecule has 136 valence electrons. The third kappa shape index (κ3) is 3.33. The van der Waals surface area contributed by atoms with Crippen molar-refractivity contribution in [2.24, 2.45) is 0 Å². The summed E-state index contributed by atoms with van der Waals surface area (Å²) in [6.07, 6.45) is 5.58. The van der Waals surface area contributed by atoms with Crippen molar-refractivity contribution in [2.45, 2.75) is 25.9 Å². The lowest BCUT2D eigenvalue weighted by atomic mass is 10.2. The molecule has 1 atom stereocenters. The van der Waals surface area contributed by atoms with Crippen LogP contribution in [0.4, 0.5) is 0 Å². The zero-order valence-corrected chi connectivity index (χ0v) is 15.2. The van der Waals surface area contributed by atoms with Crippen LogP contribution in [0.15, 0.2) is 47.4 Å². The number of thiophene rings is 1. The van der Waals surface area contributed by atoms with E-state index in [2.05, 4.69) is 16.9 Å². The molecule has 8 heteroatoms. The number of amides is 1. The molecule has 3 aromatic rings. The molecule has 7 nitrogen and oxygen atoms in total. The van der Waals surface area contributed by atoms with Crippen LogP contribution in [0.3, 0.4) is 0 Å². The number of aliphatic hydroxyl groups is 1. The summed E-state index contributed by atoms with van der Waals surface area (Å²) in [4.78, 5) is 30.4. The van der Waals surface area contributed by atoms with Crippen molar-refractivity contribution in [2.75, 3.05) is 6.61 Å². The number of hydrogen-bond acceptors (Lipinski definition) is 5. The Hall–Kier alpha value is -2.71. The number of imidazole rings is 1. The van der Waals surface area contributed by atoms with Crippen molar-refractivity contribution in [3.05, 3.63) is 58.6 Å². The minimum atomic E-state index is -0.415. The predicted octanol–water partition coefficient (Wildman–Crippen LogP) is 1.91. The molecule has 0 aliphatic carbocycles. The van der Waals surface area contributed by atoms with Crippen LogP contribution >= 0.6 is 11.3 Å². The van der Waals surface area contributed by atoms with Crippen LogP contribution < -0.4 is 10.9 Å². The molecule has 0 unspecified atom stereocenters. The fraction of sp³-hybridized carbons (Fsp3) is 0.278. The third-order valence-corrected chi connectivity index (χ3v) is 4.98. The van der Waals surface area contributed by atoms with Gasteiger partial charge < -0.3 is 10.4 Å². The minimum absolute atomic E-state index is 0.141. The van der Waals surface area contributed by atoms with Crippen molar-refractivity contribution in [1.29, 1.82) is 0 Å². The van der Waals surface area contributed by atoms with Crippen molar-refractivity contribution in [3.63, 3.8) is 0 Å². The highest BCUT2D eigenvalue weighted by Crippen LogP contribution is 2.24. The van der Waals surface area contributed by atoms with Crippen LogP contribution in [0.25, 0.3) is 16.2 Å². The van der Waals surface area contributed by atoms with E-state index in [1.807, 2.05) is 24.4 Å². The molecule has 3 heterocycles. The maximum Gasteiger partial charge on any atom is 0.295 e. The van der Waals surface area contributed by atoms with E-state index in [4.69, 9.17) is 0 Å². The Morgan fingerprint density at radius 2 is 2.31 bits per heavy atom. The summed E-state index contributed by atoms with van der Waals surface area (Å²) >= 11 is 1.53. The van der Waals surface area contributed by atoms with Crippen LogP contribution in [0.5, 0.6) is 0 Å². The van der Waals surface area contributed by atoms with Gasteiger partial charge in [0.15, 0.2) is 0 Å². The SMILES string of the molecule is C=CCn1c(-c2cccs2)cn2cc(C(=O)N[C@@H](CC)CO)nc2c1=O. The van der Waals surface area contributed by atoms with Crippen molar-refractivity contribution in [3.8, 4) is 10.6 Å². The molecule has 3 rings (SSSR count). The lowest BCUT2D eigenvalue weighted by Crippen LogP contribution is -2.37. The Kier molecular flexibility index (Phi) is 5.34. The smallest absolute Gasteiger partial charge is 0.295 e. The van der Waals surface area contributed by atoms with Gasteiger partial charge in [-0.05, 0) is 17.9 Å². The van der Waals surface area contributed by atoms with E-state index in [-0.39, 0.29) is 29.5 Å². The van der Waals surface area contributed by atoms with Gasteiger partial charge in [0.2, 0.25) is 5.65 Å². The van der Waals surface area contributed by atoms with Crippen LogP contribution in [0.1, 0.15) is 23.8 Å². The van der Waals surface area contributed by atoms with Crippen LogP contribution in [-0.2, 0) is 6.54 Å². The maximum atomic E-state index is 12.9. The molecule has 1 amide bonds. The Morgan fingerprint density at radius 3 is 2.92 bits per heavy atom. The zero-order chi connectivity index (χ0) is 18.7. The molecule has 0 aliphatic rings. The summed E-state index contributed by atoms with van der Waals surface area (Å²) in [6.45, 7) is 5.78. The van der Waals surface area contributed by atoms with Crippen molar-refractivity contribution >= 4 is 22.9 Å². The van der Waals surface area contributed by atoms with E-state index >= 15 is 0 Å². The Balaban J connectivity index is 2.09. The Morgan fingerprint density at radius 1 is 1.50 bits per heavy atom. The van der Waals surface area contributed by atoms with Gasteiger partial charge >= 0.3 is 0 Å². The number of aromatic nitrogens is 3. The number of hydrogen-bond donors (Lipinski definition) is 2. The van der Waals surface area contributed by atoms with E-state index in [1.54, 1.807) is 21.2 Å². The molecule has 0 saturated heterocycles. The molecule has 0 radical (unpaired) electrons. The van der Waals surface area contributed by atoms with Gasteiger partial charge in [-0.3, -0.25) is 18.6 Å². The first-order valence-corrected chi connectivity index (χ1v) is 9.16. The second-order valence-electron chi connectivity index (χ2n) is 5.81. The predicted molar refractivity (Wildman–Crippen MR) is 102 cm³/mol. The molecule has 0 spiro atoms. The third-order valence-electron chi connectivity index (χ3n) is 4.09. The van der Waals surface area contributed by atoms with Gasteiger partial charge in [-0.2, -0.15) is 0 Å². The number of nitrogens with one attached hydrogen (secondary N) is 1. The highest BCUT2D eigenvalue weighted by atomic mass is 32.1. The van der Waals surface area contributed by atoms with Gasteiger partial charge in [0.1, 0.15) is 5.69 Å². The van der Waals surface area contributed by atoms with Gasteiger partial charge in [0.25, 0.3) is 11.5 Å². The Bertz CT molecular complexity index is 984. The summed E-state index contributed by atoms with van der Waals surface area (Å²) < 4.78 is 3.16. The molecule has 2 N–H and O–H groups in total. The first-order valence-electron chi connectivity index (χ1n) is 8.28. The summed E-state index contributed by atoms with van der Waals surface area (Å²) in [6, 6.07) is 3.51. The van der Waals surface area contributed by atoms with E-state index in [0.29, 0.717) is 13.0 Å². The zero-order valence-electron chi connectivity index (χ0n) is 14.4. The first kappa shape index (κ1) is 18.1. The fourth-order valence-corrected chi connectivity index (χ4v) is 3.40.